The number of carbonyl (C=O) groups is 2. The van der Waals surface area contributed by atoms with E-state index in [9.17, 15) is 9.59 Å². The summed E-state index contributed by atoms with van der Waals surface area (Å²) < 4.78 is 6.22. The van der Waals surface area contributed by atoms with Gasteiger partial charge in [0.05, 0.1) is 11.7 Å². The van der Waals surface area contributed by atoms with E-state index in [1.165, 1.54) is 39.0 Å². The van der Waals surface area contributed by atoms with Crippen LogP contribution >= 0.6 is 11.8 Å². The highest BCUT2D eigenvalue weighted by Gasteiger charge is 2.41. The molecule has 5 nitrogen and oxygen atoms in total. The van der Waals surface area contributed by atoms with Crippen molar-refractivity contribution in [2.75, 3.05) is 11.5 Å². The SMILES string of the molecule is CC(=O)NC(CCSCC1CCC2(CCCC2)O1)C(=O)O. The summed E-state index contributed by atoms with van der Waals surface area (Å²) in [5, 5.41) is 11.5. The third kappa shape index (κ3) is 4.88. The largest absolute Gasteiger partial charge is 0.480 e. The van der Waals surface area contributed by atoms with E-state index in [2.05, 4.69) is 5.32 Å². The number of hydrogen-bond acceptors (Lipinski definition) is 4. The molecule has 21 heavy (non-hydrogen) atoms. The van der Waals surface area contributed by atoms with Crippen LogP contribution in [0.5, 0.6) is 0 Å². The Morgan fingerprint density at radius 2 is 2.10 bits per heavy atom. The minimum absolute atomic E-state index is 0.172. The topological polar surface area (TPSA) is 75.6 Å². The van der Waals surface area contributed by atoms with Gasteiger partial charge in [-0.2, -0.15) is 11.8 Å². The number of amides is 1. The van der Waals surface area contributed by atoms with Gasteiger partial charge in [-0.25, -0.2) is 4.79 Å². The highest BCUT2D eigenvalue weighted by molar-refractivity contribution is 7.99. The maximum absolute atomic E-state index is 11.0. The van der Waals surface area contributed by atoms with E-state index in [0.717, 1.165) is 17.9 Å². The summed E-state index contributed by atoms with van der Waals surface area (Å²) in [5.41, 5.74) is 0.172. The fourth-order valence-electron chi connectivity index (χ4n) is 3.32. The zero-order valence-electron chi connectivity index (χ0n) is 12.6. The predicted molar refractivity (Wildman–Crippen MR) is 82.5 cm³/mol. The molecule has 120 valence electrons. The minimum Gasteiger partial charge on any atom is -0.480 e. The number of ether oxygens (including phenoxy) is 1. The molecule has 1 amide bonds. The van der Waals surface area contributed by atoms with E-state index < -0.39 is 12.0 Å². The number of hydrogen-bond donors (Lipinski definition) is 2. The van der Waals surface area contributed by atoms with Gasteiger partial charge in [-0.3, -0.25) is 4.79 Å². The molecule has 2 fully saturated rings. The van der Waals surface area contributed by atoms with Gasteiger partial charge in [-0.1, -0.05) is 12.8 Å². The Morgan fingerprint density at radius 1 is 1.38 bits per heavy atom. The average Bonchev–Trinajstić information content (AvgIpc) is 3.03. The van der Waals surface area contributed by atoms with Gasteiger partial charge >= 0.3 is 5.97 Å². The van der Waals surface area contributed by atoms with E-state index in [-0.39, 0.29) is 11.5 Å². The van der Waals surface area contributed by atoms with Gasteiger partial charge < -0.3 is 15.2 Å². The third-order valence-electron chi connectivity index (χ3n) is 4.38. The molecule has 2 N–H and O–H groups in total. The Balaban J connectivity index is 1.63. The quantitative estimate of drug-likeness (QED) is 0.704. The number of rotatable bonds is 7. The van der Waals surface area contributed by atoms with Crippen LogP contribution in [0.3, 0.4) is 0 Å². The van der Waals surface area contributed by atoms with Gasteiger partial charge in [0.1, 0.15) is 6.04 Å². The van der Waals surface area contributed by atoms with Crippen molar-refractivity contribution in [3.05, 3.63) is 0 Å². The second kappa shape index (κ2) is 7.49. The Bertz CT molecular complexity index is 382. The minimum atomic E-state index is -0.965. The van der Waals surface area contributed by atoms with Crippen molar-refractivity contribution in [3.8, 4) is 0 Å². The van der Waals surface area contributed by atoms with Crippen molar-refractivity contribution >= 4 is 23.6 Å². The Hall–Kier alpha value is -0.750. The Kier molecular flexibility index (Phi) is 5.93. The lowest BCUT2D eigenvalue weighted by Crippen LogP contribution is -2.40. The van der Waals surface area contributed by atoms with Crippen molar-refractivity contribution in [1.29, 1.82) is 0 Å². The van der Waals surface area contributed by atoms with Crippen molar-refractivity contribution < 1.29 is 19.4 Å². The van der Waals surface area contributed by atoms with Crippen LogP contribution in [0.4, 0.5) is 0 Å². The lowest BCUT2D eigenvalue weighted by atomic mass is 9.98. The van der Waals surface area contributed by atoms with Gasteiger partial charge in [0.15, 0.2) is 0 Å². The van der Waals surface area contributed by atoms with E-state index in [4.69, 9.17) is 9.84 Å². The summed E-state index contributed by atoms with van der Waals surface area (Å²) in [6.07, 6.45) is 8.07. The van der Waals surface area contributed by atoms with Crippen molar-refractivity contribution in [2.45, 2.75) is 69.6 Å². The van der Waals surface area contributed by atoms with Gasteiger partial charge in [0.2, 0.25) is 5.91 Å². The monoisotopic (exact) mass is 315 g/mol. The number of carboxylic acid groups (broad SMARTS) is 1. The standard InChI is InChI=1S/C15H25NO4S/c1-11(17)16-13(14(18)19)5-9-21-10-12-4-8-15(20-12)6-2-3-7-15/h12-13H,2-10H2,1H3,(H,16,17)(H,18,19). The number of nitrogens with one attached hydrogen (secondary N) is 1. The first-order valence-corrected chi connectivity index (χ1v) is 8.92. The summed E-state index contributed by atoms with van der Waals surface area (Å²) in [5.74, 6) is 0.390. The molecule has 6 heteroatoms. The first-order chi connectivity index (χ1) is 10.0. The van der Waals surface area contributed by atoms with Crippen molar-refractivity contribution in [3.63, 3.8) is 0 Å². The Labute approximate surface area is 130 Å². The first-order valence-electron chi connectivity index (χ1n) is 7.76. The highest BCUT2D eigenvalue weighted by atomic mass is 32.2. The second-order valence-electron chi connectivity index (χ2n) is 6.12. The molecule has 0 radical (unpaired) electrons. The van der Waals surface area contributed by atoms with Crippen LogP contribution in [0.25, 0.3) is 0 Å². The van der Waals surface area contributed by atoms with Crippen LogP contribution in [0.1, 0.15) is 51.9 Å². The lowest BCUT2D eigenvalue weighted by Gasteiger charge is -2.23. The molecule has 0 aromatic carbocycles. The molecule has 0 bridgehead atoms. The van der Waals surface area contributed by atoms with E-state index >= 15 is 0 Å². The molecule has 1 aliphatic carbocycles. The zero-order chi connectivity index (χ0) is 15.3. The van der Waals surface area contributed by atoms with E-state index in [1.807, 2.05) is 0 Å². The van der Waals surface area contributed by atoms with Crippen LogP contribution in [0, 0.1) is 0 Å². The normalized spacial score (nSPS) is 25.1. The summed E-state index contributed by atoms with van der Waals surface area (Å²) in [7, 11) is 0. The molecule has 1 aliphatic heterocycles. The van der Waals surface area contributed by atoms with Crippen molar-refractivity contribution in [2.24, 2.45) is 0 Å². The molecule has 2 rings (SSSR count). The average molecular weight is 315 g/mol. The molecule has 2 atom stereocenters. The zero-order valence-corrected chi connectivity index (χ0v) is 13.4. The van der Waals surface area contributed by atoms with E-state index in [0.29, 0.717) is 12.5 Å². The van der Waals surface area contributed by atoms with Gasteiger partial charge in [0, 0.05) is 12.7 Å². The molecular weight excluding hydrogens is 290 g/mol. The van der Waals surface area contributed by atoms with Crippen LogP contribution in [0.15, 0.2) is 0 Å². The van der Waals surface area contributed by atoms with E-state index in [1.54, 1.807) is 11.8 Å². The molecule has 0 aromatic heterocycles. The fraction of sp³-hybridized carbons (Fsp3) is 0.867. The summed E-state index contributed by atoms with van der Waals surface area (Å²) in [6.45, 7) is 1.34. The lowest BCUT2D eigenvalue weighted by molar-refractivity contribution is -0.141. The molecular formula is C15H25NO4S. The summed E-state index contributed by atoms with van der Waals surface area (Å²) in [4.78, 5) is 21.9. The van der Waals surface area contributed by atoms with Crippen LogP contribution in [0.2, 0.25) is 0 Å². The maximum Gasteiger partial charge on any atom is 0.326 e. The first kappa shape index (κ1) is 16.6. The van der Waals surface area contributed by atoms with Crippen LogP contribution in [-0.2, 0) is 14.3 Å². The predicted octanol–water partition coefficient (Wildman–Crippen LogP) is 2.19. The van der Waals surface area contributed by atoms with Gasteiger partial charge in [0.25, 0.3) is 0 Å². The third-order valence-corrected chi connectivity index (χ3v) is 5.52. The van der Waals surface area contributed by atoms with Gasteiger partial charge in [-0.05, 0) is 37.9 Å². The molecule has 1 saturated heterocycles. The molecule has 1 saturated carbocycles. The molecule has 0 aromatic rings. The fourth-order valence-corrected chi connectivity index (χ4v) is 4.39. The Morgan fingerprint density at radius 3 is 2.71 bits per heavy atom. The molecule has 1 spiro atoms. The number of aliphatic carboxylic acids is 1. The molecule has 2 unspecified atom stereocenters. The smallest absolute Gasteiger partial charge is 0.326 e. The second-order valence-corrected chi connectivity index (χ2v) is 7.27. The number of thioether (sulfide) groups is 1. The van der Waals surface area contributed by atoms with Crippen LogP contribution < -0.4 is 5.32 Å². The van der Waals surface area contributed by atoms with Gasteiger partial charge in [-0.15, -0.1) is 0 Å². The van der Waals surface area contributed by atoms with Crippen LogP contribution in [-0.4, -0.2) is 46.2 Å². The number of carbonyl (C=O) groups excluding carboxylic acids is 1. The summed E-state index contributed by atoms with van der Waals surface area (Å²) in [6, 6.07) is -0.777. The highest BCUT2D eigenvalue weighted by Crippen LogP contribution is 2.43. The maximum atomic E-state index is 11.0. The van der Waals surface area contributed by atoms with Crippen molar-refractivity contribution in [1.82, 2.24) is 5.32 Å². The molecule has 1 heterocycles. The molecule has 2 aliphatic rings. The summed E-state index contributed by atoms with van der Waals surface area (Å²) >= 11 is 1.73. The number of carboxylic acids is 1.